The van der Waals surface area contributed by atoms with Gasteiger partial charge < -0.3 is 10.6 Å². The van der Waals surface area contributed by atoms with Gasteiger partial charge in [0.15, 0.2) is 10.9 Å². The lowest BCUT2D eigenvalue weighted by molar-refractivity contribution is 0.0857. The van der Waals surface area contributed by atoms with Crippen LogP contribution in [-0.4, -0.2) is 35.9 Å². The number of carbonyl (C=O) groups excluding carboxylic acids is 1. The molecule has 1 aliphatic rings. The highest BCUT2D eigenvalue weighted by Crippen LogP contribution is 2.29. The standard InChI is InChI=1S/C20H21F2N3OS/c1-24-7-5-13(6-8-24)19(26)14-3-2-4-17(9-14)25(20(23)27)18-11-15(21)10-16(22)12-18/h2-4,9-13H,5-8H2,1H3,(H2,23,27). The summed E-state index contributed by atoms with van der Waals surface area (Å²) in [5, 5.41) is -0.0658. The zero-order valence-electron chi connectivity index (χ0n) is 15.0. The molecule has 0 radical (unpaired) electrons. The van der Waals surface area contributed by atoms with Crippen molar-refractivity contribution in [2.45, 2.75) is 12.8 Å². The number of nitrogens with two attached hydrogens (primary N) is 1. The van der Waals surface area contributed by atoms with Crippen molar-refractivity contribution < 1.29 is 13.6 Å². The van der Waals surface area contributed by atoms with Crippen LogP contribution in [-0.2, 0) is 0 Å². The number of hydrogen-bond donors (Lipinski definition) is 1. The maximum Gasteiger partial charge on any atom is 0.175 e. The maximum atomic E-state index is 13.6. The summed E-state index contributed by atoms with van der Waals surface area (Å²) in [6.45, 7) is 1.77. The Morgan fingerprint density at radius 2 is 1.74 bits per heavy atom. The van der Waals surface area contributed by atoms with Crippen LogP contribution >= 0.6 is 12.2 Å². The summed E-state index contributed by atoms with van der Waals surface area (Å²) < 4.78 is 27.3. The topological polar surface area (TPSA) is 49.6 Å². The Labute approximate surface area is 162 Å². The molecule has 0 aliphatic carbocycles. The fourth-order valence-electron chi connectivity index (χ4n) is 3.38. The second-order valence-corrected chi connectivity index (χ2v) is 7.21. The van der Waals surface area contributed by atoms with Crippen molar-refractivity contribution in [2.75, 3.05) is 25.0 Å². The second kappa shape index (κ2) is 8.10. The van der Waals surface area contributed by atoms with E-state index in [2.05, 4.69) is 4.90 Å². The van der Waals surface area contributed by atoms with Crippen LogP contribution in [0.25, 0.3) is 0 Å². The molecule has 2 aromatic rings. The van der Waals surface area contributed by atoms with Gasteiger partial charge in [-0.1, -0.05) is 12.1 Å². The Hall–Kier alpha value is -2.38. The normalized spacial score (nSPS) is 15.5. The van der Waals surface area contributed by atoms with Crippen LogP contribution in [0.15, 0.2) is 42.5 Å². The van der Waals surface area contributed by atoms with E-state index in [9.17, 15) is 13.6 Å². The average Bonchev–Trinajstić information content (AvgIpc) is 2.61. The number of Topliss-reactive ketones (excluding diaryl/α,β-unsaturated/α-hetero) is 1. The molecule has 0 unspecified atom stereocenters. The third-order valence-electron chi connectivity index (χ3n) is 4.80. The molecule has 4 nitrogen and oxygen atoms in total. The number of thiocarbonyl (C=S) groups is 1. The number of likely N-dealkylation sites (tertiary alicyclic amines) is 1. The molecule has 2 aromatic carbocycles. The third-order valence-corrected chi connectivity index (χ3v) is 4.99. The lowest BCUT2D eigenvalue weighted by atomic mass is 9.89. The number of ketones is 1. The minimum Gasteiger partial charge on any atom is -0.376 e. The SMILES string of the molecule is CN1CCC(C(=O)c2cccc(N(C(N)=S)c3cc(F)cc(F)c3)c2)CC1. The van der Waals surface area contributed by atoms with E-state index in [1.54, 1.807) is 24.3 Å². The van der Waals surface area contributed by atoms with Gasteiger partial charge in [-0.25, -0.2) is 8.78 Å². The number of benzene rings is 2. The Morgan fingerprint density at radius 3 is 2.33 bits per heavy atom. The first kappa shape index (κ1) is 19.4. The zero-order chi connectivity index (χ0) is 19.6. The van der Waals surface area contributed by atoms with Gasteiger partial charge in [-0.05, 0) is 69.5 Å². The Balaban J connectivity index is 1.92. The molecule has 1 aliphatic heterocycles. The largest absolute Gasteiger partial charge is 0.376 e. The highest BCUT2D eigenvalue weighted by atomic mass is 32.1. The van der Waals surface area contributed by atoms with Crippen molar-refractivity contribution in [2.24, 2.45) is 11.7 Å². The van der Waals surface area contributed by atoms with Crippen LogP contribution in [0, 0.1) is 17.6 Å². The van der Waals surface area contributed by atoms with Gasteiger partial charge in [0.25, 0.3) is 0 Å². The van der Waals surface area contributed by atoms with Gasteiger partial charge in [0.05, 0.1) is 5.69 Å². The van der Waals surface area contributed by atoms with Gasteiger partial charge in [-0.15, -0.1) is 0 Å². The maximum absolute atomic E-state index is 13.6. The molecular weight excluding hydrogens is 368 g/mol. The smallest absolute Gasteiger partial charge is 0.175 e. The van der Waals surface area contributed by atoms with Gasteiger partial charge in [-0.3, -0.25) is 9.69 Å². The van der Waals surface area contributed by atoms with Gasteiger partial charge >= 0.3 is 0 Å². The Kier molecular flexibility index (Phi) is 5.82. The van der Waals surface area contributed by atoms with Crippen molar-refractivity contribution in [3.05, 3.63) is 59.7 Å². The fourth-order valence-corrected chi connectivity index (χ4v) is 3.59. The van der Waals surface area contributed by atoms with E-state index in [1.165, 1.54) is 4.90 Å². The minimum atomic E-state index is -0.732. The summed E-state index contributed by atoms with van der Waals surface area (Å²) >= 11 is 5.08. The number of nitrogens with zero attached hydrogens (tertiary/aromatic N) is 2. The molecule has 0 bridgehead atoms. The molecule has 1 heterocycles. The minimum absolute atomic E-state index is 0.0265. The van der Waals surface area contributed by atoms with Gasteiger partial charge in [0.2, 0.25) is 0 Å². The fraction of sp³-hybridized carbons (Fsp3) is 0.300. The van der Waals surface area contributed by atoms with Gasteiger partial charge in [0.1, 0.15) is 11.6 Å². The number of hydrogen-bond acceptors (Lipinski definition) is 3. The molecule has 27 heavy (non-hydrogen) atoms. The van der Waals surface area contributed by atoms with E-state index >= 15 is 0 Å². The van der Waals surface area contributed by atoms with E-state index in [1.807, 2.05) is 7.05 Å². The van der Waals surface area contributed by atoms with Crippen molar-refractivity contribution in [1.29, 1.82) is 0 Å². The van der Waals surface area contributed by atoms with Crippen LogP contribution in [0.3, 0.4) is 0 Å². The number of rotatable bonds is 4. The summed E-state index contributed by atoms with van der Waals surface area (Å²) in [5.74, 6) is -1.42. The summed E-state index contributed by atoms with van der Waals surface area (Å²) in [5.41, 5.74) is 7.01. The predicted octanol–water partition coefficient (Wildman–Crippen LogP) is 3.87. The van der Waals surface area contributed by atoms with Crippen molar-refractivity contribution in [1.82, 2.24) is 4.90 Å². The molecule has 1 saturated heterocycles. The monoisotopic (exact) mass is 389 g/mol. The summed E-state index contributed by atoms with van der Waals surface area (Å²) in [7, 11) is 2.04. The molecule has 7 heteroatoms. The van der Waals surface area contributed by atoms with Gasteiger partial charge in [0, 0.05) is 23.2 Å². The van der Waals surface area contributed by atoms with E-state index in [-0.39, 0.29) is 22.5 Å². The highest BCUT2D eigenvalue weighted by molar-refractivity contribution is 7.80. The summed E-state index contributed by atoms with van der Waals surface area (Å²) in [6, 6.07) is 9.91. The molecule has 0 amide bonds. The quantitative estimate of drug-likeness (QED) is 0.635. The van der Waals surface area contributed by atoms with Crippen LogP contribution in [0.5, 0.6) is 0 Å². The lowest BCUT2D eigenvalue weighted by Gasteiger charge is -2.28. The second-order valence-electron chi connectivity index (χ2n) is 6.79. The average molecular weight is 389 g/mol. The van der Waals surface area contributed by atoms with Gasteiger partial charge in [-0.2, -0.15) is 0 Å². The molecular formula is C20H21F2N3OS. The first-order valence-electron chi connectivity index (χ1n) is 8.73. The van der Waals surface area contributed by atoms with Crippen molar-refractivity contribution in [3.8, 4) is 0 Å². The molecule has 3 rings (SSSR count). The molecule has 0 aromatic heterocycles. The first-order valence-corrected chi connectivity index (χ1v) is 9.14. The van der Waals surface area contributed by atoms with E-state index in [4.69, 9.17) is 18.0 Å². The van der Waals surface area contributed by atoms with E-state index in [0.717, 1.165) is 44.1 Å². The van der Waals surface area contributed by atoms with Crippen molar-refractivity contribution in [3.63, 3.8) is 0 Å². The number of piperidine rings is 1. The molecule has 1 fully saturated rings. The van der Waals surface area contributed by atoms with Crippen LogP contribution in [0.1, 0.15) is 23.2 Å². The molecule has 2 N–H and O–H groups in total. The van der Waals surface area contributed by atoms with Crippen molar-refractivity contribution >= 4 is 34.5 Å². The van der Waals surface area contributed by atoms with Crippen LogP contribution < -0.4 is 10.6 Å². The van der Waals surface area contributed by atoms with E-state index in [0.29, 0.717) is 11.3 Å². The molecule has 0 spiro atoms. The van der Waals surface area contributed by atoms with E-state index < -0.39 is 11.6 Å². The lowest BCUT2D eigenvalue weighted by Crippen LogP contribution is -2.34. The Morgan fingerprint density at radius 1 is 1.11 bits per heavy atom. The molecule has 142 valence electrons. The number of anilines is 2. The zero-order valence-corrected chi connectivity index (χ0v) is 15.8. The molecule has 0 atom stereocenters. The Bertz CT molecular complexity index is 846. The third kappa shape index (κ3) is 4.48. The van der Waals surface area contributed by atoms with Crippen LogP contribution in [0.2, 0.25) is 0 Å². The highest BCUT2D eigenvalue weighted by Gasteiger charge is 2.25. The first-order chi connectivity index (χ1) is 12.8. The summed E-state index contributed by atoms with van der Waals surface area (Å²) in [6.07, 6.45) is 1.63. The molecule has 0 saturated carbocycles. The summed E-state index contributed by atoms with van der Waals surface area (Å²) in [4.78, 5) is 16.4. The number of carbonyl (C=O) groups is 1. The van der Waals surface area contributed by atoms with Crippen LogP contribution in [0.4, 0.5) is 20.2 Å². The predicted molar refractivity (Wildman–Crippen MR) is 106 cm³/mol. The number of halogens is 2.